The summed E-state index contributed by atoms with van der Waals surface area (Å²) < 4.78 is 26.2. The van der Waals surface area contributed by atoms with Gasteiger partial charge in [-0.25, -0.2) is 8.42 Å². The van der Waals surface area contributed by atoms with Crippen LogP contribution in [0, 0.1) is 13.8 Å². The lowest BCUT2D eigenvalue weighted by Gasteiger charge is -2.30. The topological polar surface area (TPSA) is 66.5 Å². The van der Waals surface area contributed by atoms with Crippen LogP contribution in [0.2, 0.25) is 5.02 Å². The maximum absolute atomic E-state index is 12.9. The van der Waals surface area contributed by atoms with Crippen LogP contribution >= 0.6 is 11.6 Å². The second kappa shape index (κ2) is 8.10. The minimum absolute atomic E-state index is 0.316. The molecular formula is C19H23ClN2O3S. The first kappa shape index (κ1) is 20.3. The van der Waals surface area contributed by atoms with E-state index in [-0.39, 0.29) is 0 Å². The van der Waals surface area contributed by atoms with Gasteiger partial charge in [0, 0.05) is 0 Å². The number of amides is 1. The van der Waals surface area contributed by atoms with Crippen LogP contribution in [0.4, 0.5) is 11.4 Å². The number of nitrogens with one attached hydrogen (secondary N) is 1. The quantitative estimate of drug-likeness (QED) is 0.800. The van der Waals surface area contributed by atoms with Crippen molar-refractivity contribution < 1.29 is 13.2 Å². The van der Waals surface area contributed by atoms with Crippen molar-refractivity contribution >= 4 is 38.9 Å². The summed E-state index contributed by atoms with van der Waals surface area (Å²) in [6.45, 7) is 5.56. The molecule has 5 nitrogen and oxygen atoms in total. The molecule has 140 valence electrons. The average Bonchev–Trinajstić information content (AvgIpc) is 2.52. The highest BCUT2D eigenvalue weighted by Gasteiger charge is 2.32. The van der Waals surface area contributed by atoms with Crippen LogP contribution in [0.1, 0.15) is 24.5 Å². The van der Waals surface area contributed by atoms with E-state index in [4.69, 9.17) is 11.6 Å². The third kappa shape index (κ3) is 4.77. The predicted molar refractivity (Wildman–Crippen MR) is 107 cm³/mol. The number of carbonyl (C=O) groups is 1. The Kier molecular flexibility index (Phi) is 6.31. The average molecular weight is 395 g/mol. The molecule has 0 saturated carbocycles. The van der Waals surface area contributed by atoms with Crippen LogP contribution in [0.3, 0.4) is 0 Å². The van der Waals surface area contributed by atoms with E-state index in [1.165, 1.54) is 4.31 Å². The third-order valence-electron chi connectivity index (χ3n) is 3.92. The molecule has 0 bridgehead atoms. The first-order chi connectivity index (χ1) is 12.1. The van der Waals surface area contributed by atoms with E-state index in [1.54, 1.807) is 43.3 Å². The van der Waals surface area contributed by atoms with Crippen molar-refractivity contribution in [2.24, 2.45) is 0 Å². The van der Waals surface area contributed by atoms with Gasteiger partial charge >= 0.3 is 0 Å². The zero-order valence-corrected chi connectivity index (χ0v) is 16.9. The van der Waals surface area contributed by atoms with Crippen molar-refractivity contribution in [3.05, 3.63) is 58.6 Å². The number of aryl methyl sites for hydroxylation is 2. The number of nitrogens with zero attached hydrogens (tertiary/aromatic N) is 1. The van der Waals surface area contributed by atoms with E-state index in [2.05, 4.69) is 5.32 Å². The van der Waals surface area contributed by atoms with Crippen molar-refractivity contribution in [2.75, 3.05) is 15.9 Å². The van der Waals surface area contributed by atoms with Crippen LogP contribution in [-0.2, 0) is 14.8 Å². The van der Waals surface area contributed by atoms with Gasteiger partial charge < -0.3 is 5.32 Å². The molecule has 2 aromatic carbocycles. The molecule has 1 N–H and O–H groups in total. The summed E-state index contributed by atoms with van der Waals surface area (Å²) in [5.41, 5.74) is 2.78. The Morgan fingerprint density at radius 2 is 1.73 bits per heavy atom. The molecule has 0 aromatic heterocycles. The van der Waals surface area contributed by atoms with Crippen LogP contribution in [0.5, 0.6) is 0 Å². The van der Waals surface area contributed by atoms with E-state index in [1.807, 2.05) is 19.9 Å². The summed E-state index contributed by atoms with van der Waals surface area (Å²) in [5, 5.41) is 3.13. The van der Waals surface area contributed by atoms with Gasteiger partial charge in [-0.3, -0.25) is 9.10 Å². The monoisotopic (exact) mass is 394 g/mol. The van der Waals surface area contributed by atoms with E-state index in [0.717, 1.165) is 17.4 Å². The Morgan fingerprint density at radius 1 is 1.15 bits per heavy atom. The van der Waals surface area contributed by atoms with Gasteiger partial charge in [-0.1, -0.05) is 36.7 Å². The molecule has 7 heteroatoms. The normalized spacial score (nSPS) is 12.5. The lowest BCUT2D eigenvalue weighted by Crippen LogP contribution is -2.47. The number of anilines is 2. The molecule has 0 aliphatic rings. The highest BCUT2D eigenvalue weighted by Crippen LogP contribution is 2.27. The number of benzene rings is 2. The molecule has 0 heterocycles. The SMILES string of the molecule is CCC(C(=O)Nc1ccccc1Cl)N(c1cc(C)cc(C)c1)S(C)(=O)=O. The maximum Gasteiger partial charge on any atom is 0.248 e. The minimum Gasteiger partial charge on any atom is -0.323 e. The van der Waals surface area contributed by atoms with Gasteiger partial charge in [0.15, 0.2) is 0 Å². The number of carbonyl (C=O) groups excluding carboxylic acids is 1. The fourth-order valence-electron chi connectivity index (χ4n) is 2.92. The number of hydrogen-bond donors (Lipinski definition) is 1. The van der Waals surface area contributed by atoms with Crippen LogP contribution in [-0.4, -0.2) is 26.6 Å². The third-order valence-corrected chi connectivity index (χ3v) is 5.43. The van der Waals surface area contributed by atoms with Crippen molar-refractivity contribution in [2.45, 2.75) is 33.2 Å². The van der Waals surface area contributed by atoms with Crippen molar-refractivity contribution in [3.8, 4) is 0 Å². The van der Waals surface area contributed by atoms with E-state index < -0.39 is 22.0 Å². The summed E-state index contributed by atoms with van der Waals surface area (Å²) in [6, 6.07) is 11.4. The summed E-state index contributed by atoms with van der Waals surface area (Å²) in [5.74, 6) is -0.426. The zero-order valence-electron chi connectivity index (χ0n) is 15.3. The molecule has 2 aromatic rings. The van der Waals surface area contributed by atoms with Gasteiger partial charge in [0.2, 0.25) is 15.9 Å². The summed E-state index contributed by atoms with van der Waals surface area (Å²) in [7, 11) is -3.67. The summed E-state index contributed by atoms with van der Waals surface area (Å²) in [4.78, 5) is 12.9. The van der Waals surface area contributed by atoms with Gasteiger partial charge in [-0.2, -0.15) is 0 Å². The minimum atomic E-state index is -3.67. The van der Waals surface area contributed by atoms with Crippen LogP contribution in [0.25, 0.3) is 0 Å². The Labute approximate surface area is 160 Å². The van der Waals surface area contributed by atoms with Gasteiger partial charge in [-0.15, -0.1) is 0 Å². The smallest absolute Gasteiger partial charge is 0.248 e. The number of para-hydroxylation sites is 1. The van der Waals surface area contributed by atoms with Gasteiger partial charge in [-0.05, 0) is 55.7 Å². The first-order valence-electron chi connectivity index (χ1n) is 8.26. The maximum atomic E-state index is 12.9. The molecule has 0 radical (unpaired) electrons. The Bertz CT molecular complexity index is 893. The number of hydrogen-bond acceptors (Lipinski definition) is 3. The standard InChI is InChI=1S/C19H23ClN2O3S/c1-5-18(19(23)21-17-9-7-6-8-16(17)20)22(26(4,24)25)15-11-13(2)10-14(3)12-15/h6-12,18H,5H2,1-4H3,(H,21,23). The fourth-order valence-corrected chi connectivity index (χ4v) is 4.30. The Balaban J connectivity index is 2.44. The van der Waals surface area contributed by atoms with Gasteiger partial charge in [0.1, 0.15) is 6.04 Å². The Hall–Kier alpha value is -2.05. The molecule has 0 spiro atoms. The zero-order chi connectivity index (χ0) is 19.5. The molecule has 0 saturated heterocycles. The van der Waals surface area contributed by atoms with E-state index in [9.17, 15) is 13.2 Å². The second-order valence-corrected chi connectivity index (χ2v) is 8.56. The molecule has 26 heavy (non-hydrogen) atoms. The number of sulfonamides is 1. The fraction of sp³-hybridized carbons (Fsp3) is 0.316. The molecular weight excluding hydrogens is 372 g/mol. The van der Waals surface area contributed by atoms with Crippen LogP contribution in [0.15, 0.2) is 42.5 Å². The predicted octanol–water partition coefficient (Wildman–Crippen LogP) is 4.14. The highest BCUT2D eigenvalue weighted by molar-refractivity contribution is 7.92. The summed E-state index contributed by atoms with van der Waals surface area (Å²) >= 11 is 6.10. The molecule has 0 fully saturated rings. The van der Waals surface area contributed by atoms with E-state index in [0.29, 0.717) is 22.8 Å². The van der Waals surface area contributed by atoms with Crippen molar-refractivity contribution in [1.29, 1.82) is 0 Å². The second-order valence-electron chi connectivity index (χ2n) is 6.30. The molecule has 1 unspecified atom stereocenters. The first-order valence-corrected chi connectivity index (χ1v) is 10.5. The number of halogens is 1. The molecule has 0 aliphatic carbocycles. The molecule has 0 aliphatic heterocycles. The number of rotatable bonds is 6. The van der Waals surface area contributed by atoms with E-state index >= 15 is 0 Å². The Morgan fingerprint density at radius 3 is 2.23 bits per heavy atom. The van der Waals surface area contributed by atoms with Gasteiger partial charge in [0.25, 0.3) is 0 Å². The molecule has 2 rings (SSSR count). The summed E-state index contributed by atoms with van der Waals surface area (Å²) in [6.07, 6.45) is 1.42. The molecule has 1 atom stereocenters. The van der Waals surface area contributed by atoms with Crippen molar-refractivity contribution in [3.63, 3.8) is 0 Å². The lowest BCUT2D eigenvalue weighted by molar-refractivity contribution is -0.117. The van der Waals surface area contributed by atoms with Gasteiger partial charge in [0.05, 0.1) is 22.7 Å². The highest BCUT2D eigenvalue weighted by atomic mass is 35.5. The van der Waals surface area contributed by atoms with Crippen LogP contribution < -0.4 is 9.62 Å². The van der Waals surface area contributed by atoms with Crippen molar-refractivity contribution in [1.82, 2.24) is 0 Å². The lowest BCUT2D eigenvalue weighted by atomic mass is 10.1. The largest absolute Gasteiger partial charge is 0.323 e. The molecule has 1 amide bonds.